The average molecular weight is 264 g/mol. The minimum absolute atomic E-state index is 0.0425. The monoisotopic (exact) mass is 264 g/mol. The summed E-state index contributed by atoms with van der Waals surface area (Å²) in [5.74, 6) is 1.20. The van der Waals surface area contributed by atoms with Gasteiger partial charge in [-0.1, -0.05) is 0 Å². The van der Waals surface area contributed by atoms with Crippen LogP contribution in [0.1, 0.15) is 19.8 Å². The minimum Gasteiger partial charge on any atom is -0.493 e. The van der Waals surface area contributed by atoms with Gasteiger partial charge in [-0.3, -0.25) is 4.79 Å². The highest BCUT2D eigenvalue weighted by atomic mass is 16.5. The molecule has 1 unspecified atom stereocenters. The summed E-state index contributed by atoms with van der Waals surface area (Å²) in [5.41, 5.74) is 0.701. The number of hydrogen-bond acceptors (Lipinski definition) is 4. The zero-order valence-corrected chi connectivity index (χ0v) is 11.5. The van der Waals surface area contributed by atoms with Crippen molar-refractivity contribution in [2.75, 3.05) is 19.5 Å². The van der Waals surface area contributed by atoms with Gasteiger partial charge < -0.3 is 20.1 Å². The molecule has 2 N–H and O–H groups in total. The molecular formula is C14H20N2O3. The van der Waals surface area contributed by atoms with Gasteiger partial charge in [0, 0.05) is 17.8 Å². The maximum absolute atomic E-state index is 12.0. The van der Waals surface area contributed by atoms with E-state index in [1.165, 1.54) is 0 Å². The van der Waals surface area contributed by atoms with Crippen LogP contribution in [0.5, 0.6) is 11.5 Å². The third-order valence-electron chi connectivity index (χ3n) is 3.11. The fraction of sp³-hybridized carbons (Fsp3) is 0.500. The second kappa shape index (κ2) is 5.93. The standard InChI is InChI=1S/C14H20N2O3/c1-9(15-10-4-5-10)14(17)16-11-6-7-12(18-2)13(8-11)19-3/h6-10,15H,4-5H2,1-3H3,(H,16,17). The molecule has 1 aliphatic rings. The topological polar surface area (TPSA) is 59.6 Å². The van der Waals surface area contributed by atoms with E-state index in [2.05, 4.69) is 10.6 Å². The molecule has 1 amide bonds. The van der Waals surface area contributed by atoms with Gasteiger partial charge in [0.25, 0.3) is 0 Å². The molecule has 1 aliphatic carbocycles. The summed E-state index contributed by atoms with van der Waals surface area (Å²) in [6.07, 6.45) is 2.32. The molecule has 0 spiro atoms. The normalized spacial score (nSPS) is 15.7. The molecule has 104 valence electrons. The number of carbonyl (C=O) groups is 1. The third-order valence-corrected chi connectivity index (χ3v) is 3.11. The van der Waals surface area contributed by atoms with E-state index in [1.807, 2.05) is 6.92 Å². The van der Waals surface area contributed by atoms with E-state index in [0.29, 0.717) is 23.2 Å². The van der Waals surface area contributed by atoms with Gasteiger partial charge in [-0.05, 0) is 31.9 Å². The molecule has 1 aromatic carbocycles. The molecule has 2 rings (SSSR count). The predicted octanol–water partition coefficient (Wildman–Crippen LogP) is 1.78. The Morgan fingerprint density at radius 3 is 2.53 bits per heavy atom. The quantitative estimate of drug-likeness (QED) is 0.822. The number of ether oxygens (including phenoxy) is 2. The van der Waals surface area contributed by atoms with Crippen molar-refractivity contribution < 1.29 is 14.3 Å². The Balaban J connectivity index is 1.99. The third kappa shape index (κ3) is 3.61. The van der Waals surface area contributed by atoms with E-state index in [0.717, 1.165) is 12.8 Å². The van der Waals surface area contributed by atoms with Crippen LogP contribution in [0.15, 0.2) is 18.2 Å². The van der Waals surface area contributed by atoms with Gasteiger partial charge in [0.1, 0.15) is 0 Å². The Morgan fingerprint density at radius 2 is 1.95 bits per heavy atom. The molecule has 1 atom stereocenters. The Hall–Kier alpha value is -1.75. The molecule has 5 nitrogen and oxygen atoms in total. The lowest BCUT2D eigenvalue weighted by molar-refractivity contribution is -0.117. The summed E-state index contributed by atoms with van der Waals surface area (Å²) in [5, 5.41) is 6.12. The molecule has 0 heterocycles. The first-order valence-corrected chi connectivity index (χ1v) is 6.43. The lowest BCUT2D eigenvalue weighted by Gasteiger charge is -2.14. The van der Waals surface area contributed by atoms with Gasteiger partial charge in [-0.2, -0.15) is 0 Å². The smallest absolute Gasteiger partial charge is 0.241 e. The molecule has 1 aromatic rings. The van der Waals surface area contributed by atoms with Crippen molar-refractivity contribution >= 4 is 11.6 Å². The van der Waals surface area contributed by atoms with Crippen molar-refractivity contribution in [3.05, 3.63) is 18.2 Å². The second-order valence-electron chi connectivity index (χ2n) is 4.72. The van der Waals surface area contributed by atoms with Gasteiger partial charge >= 0.3 is 0 Å². The first-order valence-electron chi connectivity index (χ1n) is 6.43. The fourth-order valence-corrected chi connectivity index (χ4v) is 1.84. The van der Waals surface area contributed by atoms with Crippen LogP contribution < -0.4 is 20.1 Å². The van der Waals surface area contributed by atoms with Crippen LogP contribution in [0.3, 0.4) is 0 Å². The molecular weight excluding hydrogens is 244 g/mol. The van der Waals surface area contributed by atoms with Gasteiger partial charge in [-0.15, -0.1) is 0 Å². The number of nitrogens with one attached hydrogen (secondary N) is 2. The van der Waals surface area contributed by atoms with Crippen molar-refractivity contribution in [3.8, 4) is 11.5 Å². The number of methoxy groups -OCH3 is 2. The van der Waals surface area contributed by atoms with Gasteiger partial charge in [0.2, 0.25) is 5.91 Å². The maximum Gasteiger partial charge on any atom is 0.241 e. The van der Waals surface area contributed by atoms with Crippen LogP contribution in [0, 0.1) is 0 Å². The Morgan fingerprint density at radius 1 is 1.26 bits per heavy atom. The van der Waals surface area contributed by atoms with Gasteiger partial charge in [0.05, 0.1) is 20.3 Å². The average Bonchev–Trinajstić information content (AvgIpc) is 3.22. The van der Waals surface area contributed by atoms with E-state index < -0.39 is 0 Å². The summed E-state index contributed by atoms with van der Waals surface area (Å²) in [7, 11) is 3.15. The second-order valence-corrected chi connectivity index (χ2v) is 4.72. The molecule has 5 heteroatoms. The molecule has 0 saturated heterocycles. The van der Waals surface area contributed by atoms with E-state index in [9.17, 15) is 4.79 Å². The van der Waals surface area contributed by atoms with Crippen LogP contribution in [0.2, 0.25) is 0 Å². The summed E-state index contributed by atoms with van der Waals surface area (Å²) in [6.45, 7) is 1.87. The fourth-order valence-electron chi connectivity index (χ4n) is 1.84. The van der Waals surface area contributed by atoms with Crippen molar-refractivity contribution in [2.24, 2.45) is 0 Å². The Kier molecular flexibility index (Phi) is 4.27. The van der Waals surface area contributed by atoms with Gasteiger partial charge in [-0.25, -0.2) is 0 Å². The highest BCUT2D eigenvalue weighted by Crippen LogP contribution is 2.29. The van der Waals surface area contributed by atoms with E-state index in [1.54, 1.807) is 32.4 Å². The summed E-state index contributed by atoms with van der Waals surface area (Å²) >= 11 is 0. The first kappa shape index (κ1) is 13.7. The number of rotatable bonds is 6. The Bertz CT molecular complexity index is 458. The van der Waals surface area contributed by atoms with Crippen LogP contribution >= 0.6 is 0 Å². The minimum atomic E-state index is -0.194. The van der Waals surface area contributed by atoms with Crippen LogP contribution in [-0.2, 0) is 4.79 Å². The number of amides is 1. The molecule has 0 bridgehead atoms. The zero-order valence-electron chi connectivity index (χ0n) is 11.5. The van der Waals surface area contributed by atoms with Crippen LogP contribution in [-0.4, -0.2) is 32.2 Å². The SMILES string of the molecule is COc1ccc(NC(=O)C(C)NC2CC2)cc1OC. The Labute approximate surface area is 113 Å². The summed E-state index contributed by atoms with van der Waals surface area (Å²) in [6, 6.07) is 5.63. The largest absolute Gasteiger partial charge is 0.493 e. The molecule has 1 saturated carbocycles. The maximum atomic E-state index is 12.0. The van der Waals surface area contributed by atoms with Crippen LogP contribution in [0.4, 0.5) is 5.69 Å². The predicted molar refractivity (Wildman–Crippen MR) is 73.8 cm³/mol. The number of carbonyl (C=O) groups excluding carboxylic acids is 1. The molecule has 0 radical (unpaired) electrons. The van der Waals surface area contributed by atoms with Crippen molar-refractivity contribution in [3.63, 3.8) is 0 Å². The number of benzene rings is 1. The summed E-state index contributed by atoms with van der Waals surface area (Å²) in [4.78, 5) is 12.0. The zero-order chi connectivity index (χ0) is 13.8. The highest BCUT2D eigenvalue weighted by molar-refractivity contribution is 5.94. The van der Waals surface area contributed by atoms with Crippen molar-refractivity contribution in [2.45, 2.75) is 31.8 Å². The molecule has 0 aliphatic heterocycles. The molecule has 0 aromatic heterocycles. The lowest BCUT2D eigenvalue weighted by Crippen LogP contribution is -2.39. The highest BCUT2D eigenvalue weighted by Gasteiger charge is 2.25. The lowest BCUT2D eigenvalue weighted by atomic mass is 10.2. The number of hydrogen-bond donors (Lipinski definition) is 2. The van der Waals surface area contributed by atoms with E-state index in [4.69, 9.17) is 9.47 Å². The number of anilines is 1. The van der Waals surface area contributed by atoms with Crippen molar-refractivity contribution in [1.29, 1.82) is 0 Å². The van der Waals surface area contributed by atoms with E-state index in [-0.39, 0.29) is 11.9 Å². The molecule has 19 heavy (non-hydrogen) atoms. The van der Waals surface area contributed by atoms with Crippen molar-refractivity contribution in [1.82, 2.24) is 5.32 Å². The van der Waals surface area contributed by atoms with Gasteiger partial charge in [0.15, 0.2) is 11.5 Å². The molecule has 1 fully saturated rings. The first-order chi connectivity index (χ1) is 9.13. The van der Waals surface area contributed by atoms with E-state index >= 15 is 0 Å². The summed E-state index contributed by atoms with van der Waals surface area (Å²) < 4.78 is 10.4. The van der Waals surface area contributed by atoms with Crippen LogP contribution in [0.25, 0.3) is 0 Å².